The molecule has 0 N–H and O–H groups in total. The molecule has 1 aliphatic heterocycles. The summed E-state index contributed by atoms with van der Waals surface area (Å²) in [6.07, 6.45) is 1.76. The highest BCUT2D eigenvalue weighted by Gasteiger charge is 2.27. The van der Waals surface area contributed by atoms with Crippen LogP contribution in [0, 0.1) is 5.92 Å². The molecule has 5 heteroatoms. The van der Waals surface area contributed by atoms with Gasteiger partial charge in [0, 0.05) is 24.6 Å². The van der Waals surface area contributed by atoms with Crippen molar-refractivity contribution in [1.82, 2.24) is 4.90 Å². The van der Waals surface area contributed by atoms with Crippen LogP contribution >= 0.6 is 0 Å². The summed E-state index contributed by atoms with van der Waals surface area (Å²) < 4.78 is 10.7. The summed E-state index contributed by atoms with van der Waals surface area (Å²) in [5.74, 6) is 1.72. The van der Waals surface area contributed by atoms with Crippen molar-refractivity contribution in [3.05, 3.63) is 60.2 Å². The molecule has 27 heavy (non-hydrogen) atoms. The maximum atomic E-state index is 12.6. The molecule has 0 atom stereocenters. The van der Waals surface area contributed by atoms with Crippen LogP contribution in [-0.2, 0) is 4.79 Å². The second-order valence-electron chi connectivity index (χ2n) is 6.66. The third-order valence-corrected chi connectivity index (χ3v) is 4.92. The number of benzene rings is 2. The Morgan fingerprint density at radius 3 is 2.26 bits per heavy atom. The van der Waals surface area contributed by atoms with E-state index >= 15 is 0 Å². The highest BCUT2D eigenvalue weighted by Crippen LogP contribution is 2.23. The van der Waals surface area contributed by atoms with Crippen LogP contribution in [0.4, 0.5) is 0 Å². The standard InChI is InChI=1S/C22H25NO4/c1-26-19-9-7-17(8-10-19)22(25)18-11-14-23(15-12-18)21(24)13-16-27-20-5-3-2-4-6-20/h2-10,18H,11-16H2,1H3. The second-order valence-corrected chi connectivity index (χ2v) is 6.66. The molecular formula is C22H25NO4. The summed E-state index contributed by atoms with van der Waals surface area (Å²) in [4.78, 5) is 26.8. The lowest BCUT2D eigenvalue weighted by Gasteiger charge is -2.31. The Kier molecular flexibility index (Phi) is 6.47. The van der Waals surface area contributed by atoms with Crippen molar-refractivity contribution >= 4 is 11.7 Å². The van der Waals surface area contributed by atoms with Crippen molar-refractivity contribution < 1.29 is 19.1 Å². The van der Waals surface area contributed by atoms with Crippen molar-refractivity contribution in [2.75, 3.05) is 26.8 Å². The van der Waals surface area contributed by atoms with Gasteiger partial charge in [0.15, 0.2) is 5.78 Å². The molecule has 1 fully saturated rings. The Hall–Kier alpha value is -2.82. The largest absolute Gasteiger partial charge is 0.497 e. The normalized spacial score (nSPS) is 14.6. The van der Waals surface area contributed by atoms with E-state index in [4.69, 9.17) is 9.47 Å². The fraction of sp³-hybridized carbons (Fsp3) is 0.364. The number of rotatable bonds is 7. The quantitative estimate of drug-likeness (QED) is 0.702. The fourth-order valence-electron chi connectivity index (χ4n) is 3.31. The number of carbonyl (C=O) groups is 2. The first kappa shape index (κ1) is 19.0. The Labute approximate surface area is 159 Å². The summed E-state index contributed by atoms with van der Waals surface area (Å²) in [5, 5.41) is 0. The molecule has 0 saturated carbocycles. The van der Waals surface area contributed by atoms with E-state index in [9.17, 15) is 9.59 Å². The zero-order chi connectivity index (χ0) is 19.1. The molecule has 0 unspecified atom stereocenters. The van der Waals surface area contributed by atoms with Crippen molar-refractivity contribution in [3.63, 3.8) is 0 Å². The minimum absolute atomic E-state index is 0.0250. The number of likely N-dealkylation sites (tertiary alicyclic amines) is 1. The smallest absolute Gasteiger partial charge is 0.225 e. The van der Waals surface area contributed by atoms with Gasteiger partial charge >= 0.3 is 0 Å². The average molecular weight is 367 g/mol. The number of nitrogens with zero attached hydrogens (tertiary/aromatic N) is 1. The summed E-state index contributed by atoms with van der Waals surface area (Å²) >= 11 is 0. The molecule has 5 nitrogen and oxygen atoms in total. The number of ketones is 1. The fourth-order valence-corrected chi connectivity index (χ4v) is 3.31. The van der Waals surface area contributed by atoms with E-state index in [1.165, 1.54) is 0 Å². The van der Waals surface area contributed by atoms with Gasteiger partial charge in [0.05, 0.1) is 20.1 Å². The molecule has 3 rings (SSSR count). The minimum Gasteiger partial charge on any atom is -0.497 e. The number of amides is 1. The molecule has 142 valence electrons. The van der Waals surface area contributed by atoms with Crippen molar-refractivity contribution in [3.8, 4) is 11.5 Å². The summed E-state index contributed by atoms with van der Waals surface area (Å²) in [6, 6.07) is 16.7. The minimum atomic E-state index is -0.0250. The number of para-hydroxylation sites is 1. The zero-order valence-electron chi connectivity index (χ0n) is 15.6. The van der Waals surface area contributed by atoms with Crippen LogP contribution in [0.3, 0.4) is 0 Å². The number of hydrogen-bond donors (Lipinski definition) is 0. The van der Waals surface area contributed by atoms with Gasteiger partial charge in [-0.1, -0.05) is 18.2 Å². The lowest BCUT2D eigenvalue weighted by atomic mass is 9.89. The van der Waals surface area contributed by atoms with Crippen LogP contribution in [0.25, 0.3) is 0 Å². The molecule has 2 aromatic carbocycles. The summed E-state index contributed by atoms with van der Waals surface area (Å²) in [7, 11) is 1.61. The highest BCUT2D eigenvalue weighted by molar-refractivity contribution is 5.98. The van der Waals surface area contributed by atoms with E-state index < -0.39 is 0 Å². The number of ether oxygens (including phenoxy) is 2. The molecule has 0 aromatic heterocycles. The molecule has 1 heterocycles. The SMILES string of the molecule is COc1ccc(C(=O)C2CCN(C(=O)CCOc3ccccc3)CC2)cc1. The Bertz CT molecular complexity index is 750. The summed E-state index contributed by atoms with van der Waals surface area (Å²) in [5.41, 5.74) is 0.705. The van der Waals surface area contributed by atoms with Gasteiger partial charge in [0.2, 0.25) is 5.91 Å². The van der Waals surface area contributed by atoms with Gasteiger partial charge in [0.25, 0.3) is 0 Å². The Morgan fingerprint density at radius 1 is 0.963 bits per heavy atom. The molecule has 1 saturated heterocycles. The predicted octanol–water partition coefficient (Wildman–Crippen LogP) is 3.59. The predicted molar refractivity (Wildman–Crippen MR) is 103 cm³/mol. The van der Waals surface area contributed by atoms with Crippen LogP contribution in [0.1, 0.15) is 29.6 Å². The number of piperidine rings is 1. The number of Topliss-reactive ketones (excluding diaryl/α,β-unsaturated/α-hetero) is 1. The van der Waals surface area contributed by atoms with Gasteiger partial charge < -0.3 is 14.4 Å². The number of methoxy groups -OCH3 is 1. The van der Waals surface area contributed by atoms with Crippen molar-refractivity contribution in [1.29, 1.82) is 0 Å². The lowest BCUT2D eigenvalue weighted by Crippen LogP contribution is -2.40. The Morgan fingerprint density at radius 2 is 1.63 bits per heavy atom. The molecule has 0 radical (unpaired) electrons. The van der Waals surface area contributed by atoms with Gasteiger partial charge in [-0.3, -0.25) is 9.59 Å². The van der Waals surface area contributed by atoms with E-state index in [1.807, 2.05) is 35.2 Å². The monoisotopic (exact) mass is 367 g/mol. The van der Waals surface area contributed by atoms with Crippen LogP contribution in [0.5, 0.6) is 11.5 Å². The number of hydrogen-bond acceptors (Lipinski definition) is 4. The average Bonchev–Trinajstić information content (AvgIpc) is 2.74. The Balaban J connectivity index is 1.43. The maximum absolute atomic E-state index is 12.6. The highest BCUT2D eigenvalue weighted by atomic mass is 16.5. The van der Waals surface area contributed by atoms with Gasteiger partial charge in [-0.2, -0.15) is 0 Å². The molecule has 0 spiro atoms. The van der Waals surface area contributed by atoms with Gasteiger partial charge in [-0.15, -0.1) is 0 Å². The van der Waals surface area contributed by atoms with Gasteiger partial charge in [-0.25, -0.2) is 0 Å². The van der Waals surface area contributed by atoms with E-state index in [0.717, 1.165) is 11.5 Å². The van der Waals surface area contributed by atoms with Crippen LogP contribution < -0.4 is 9.47 Å². The van der Waals surface area contributed by atoms with Crippen LogP contribution in [0.2, 0.25) is 0 Å². The summed E-state index contributed by atoms with van der Waals surface area (Å²) in [6.45, 7) is 1.61. The van der Waals surface area contributed by atoms with Crippen molar-refractivity contribution in [2.45, 2.75) is 19.3 Å². The first-order valence-electron chi connectivity index (χ1n) is 9.31. The first-order valence-corrected chi connectivity index (χ1v) is 9.31. The van der Waals surface area contributed by atoms with E-state index in [2.05, 4.69) is 0 Å². The first-order chi connectivity index (χ1) is 13.2. The van der Waals surface area contributed by atoms with Gasteiger partial charge in [0.1, 0.15) is 11.5 Å². The van der Waals surface area contributed by atoms with Crippen LogP contribution in [-0.4, -0.2) is 43.4 Å². The third-order valence-electron chi connectivity index (χ3n) is 4.92. The van der Waals surface area contributed by atoms with E-state index in [0.29, 0.717) is 44.5 Å². The maximum Gasteiger partial charge on any atom is 0.225 e. The second kappa shape index (κ2) is 9.21. The van der Waals surface area contributed by atoms with Crippen molar-refractivity contribution in [2.24, 2.45) is 5.92 Å². The van der Waals surface area contributed by atoms with Gasteiger partial charge in [-0.05, 0) is 49.2 Å². The number of carbonyl (C=O) groups excluding carboxylic acids is 2. The molecule has 0 bridgehead atoms. The topological polar surface area (TPSA) is 55.8 Å². The molecule has 2 aromatic rings. The molecular weight excluding hydrogens is 342 g/mol. The molecule has 1 amide bonds. The zero-order valence-corrected chi connectivity index (χ0v) is 15.6. The molecule has 1 aliphatic rings. The lowest BCUT2D eigenvalue weighted by molar-refractivity contribution is -0.132. The third kappa shape index (κ3) is 5.09. The van der Waals surface area contributed by atoms with Crippen LogP contribution in [0.15, 0.2) is 54.6 Å². The molecule has 0 aliphatic carbocycles. The van der Waals surface area contributed by atoms with E-state index in [1.54, 1.807) is 31.4 Å². The van der Waals surface area contributed by atoms with E-state index in [-0.39, 0.29) is 17.6 Å².